The van der Waals surface area contributed by atoms with Gasteiger partial charge in [0.1, 0.15) is 6.67 Å². The first-order valence-electron chi connectivity index (χ1n) is 7.13. The van der Waals surface area contributed by atoms with Gasteiger partial charge in [-0.2, -0.15) is 0 Å². The number of aliphatic hydroxyl groups excluding tert-OH is 1. The zero-order valence-corrected chi connectivity index (χ0v) is 12.0. The van der Waals surface area contributed by atoms with Crippen LogP contribution in [0.5, 0.6) is 0 Å². The summed E-state index contributed by atoms with van der Waals surface area (Å²) in [6, 6.07) is 0.563. The number of anilines is 1. The number of rotatable bonds is 4. The fraction of sp³-hybridized carbons (Fsp3) is 0.571. The number of amides is 1. The van der Waals surface area contributed by atoms with Crippen molar-refractivity contribution in [2.24, 2.45) is 11.7 Å². The number of carbonyl (C=O) groups is 1. The lowest BCUT2D eigenvalue weighted by atomic mass is 9.84. The molecular weight excluding hydrogens is 296 g/mol. The molecule has 0 aliphatic heterocycles. The summed E-state index contributed by atoms with van der Waals surface area (Å²) in [7, 11) is 0. The molecule has 2 rings (SSSR count). The second kappa shape index (κ2) is 6.97. The van der Waals surface area contributed by atoms with Crippen LogP contribution in [0.4, 0.5) is 14.5 Å². The number of hydrogen-bond donors (Lipinski definition) is 3. The number of hydrogen-bond acceptors (Lipinski definition) is 4. The van der Waals surface area contributed by atoms with Gasteiger partial charge in [-0.3, -0.25) is 9.59 Å². The molecule has 1 aromatic rings. The molecule has 6 nitrogen and oxygen atoms in total. The summed E-state index contributed by atoms with van der Waals surface area (Å²) < 4.78 is 26.7. The van der Waals surface area contributed by atoms with E-state index in [9.17, 15) is 23.5 Å². The van der Waals surface area contributed by atoms with E-state index < -0.39 is 30.1 Å². The molecule has 1 aliphatic carbocycles. The number of aryl methyl sites for hydroxylation is 1. The number of nitrogens with zero attached hydrogens (tertiary/aromatic N) is 1. The molecule has 0 spiro atoms. The van der Waals surface area contributed by atoms with Gasteiger partial charge in [-0.15, -0.1) is 0 Å². The van der Waals surface area contributed by atoms with Gasteiger partial charge in [0.2, 0.25) is 5.91 Å². The molecule has 0 saturated heterocycles. The Balaban J connectivity index is 0.00000264. The summed E-state index contributed by atoms with van der Waals surface area (Å²) in [6.07, 6.45) is 1.74. The highest BCUT2D eigenvalue weighted by molar-refractivity contribution is 5.92. The lowest BCUT2D eigenvalue weighted by Gasteiger charge is -2.29. The van der Waals surface area contributed by atoms with Crippen molar-refractivity contribution < 1.29 is 21.5 Å². The Morgan fingerprint density at radius 3 is 2.91 bits per heavy atom. The van der Waals surface area contributed by atoms with Crippen molar-refractivity contribution >= 4 is 11.6 Å². The zero-order valence-electron chi connectivity index (χ0n) is 12.0. The van der Waals surface area contributed by atoms with Gasteiger partial charge in [0.15, 0.2) is 5.82 Å². The summed E-state index contributed by atoms with van der Waals surface area (Å²) in [5, 5.41) is 12.2. The molecule has 126 valence electrons. The normalized spacial score (nSPS) is 25.0. The molecule has 1 saturated carbocycles. The first-order chi connectivity index (χ1) is 10.4. The molecule has 1 aliphatic rings. The van der Waals surface area contributed by atoms with Gasteiger partial charge in [0.25, 0.3) is 5.56 Å². The molecule has 22 heavy (non-hydrogen) atoms. The van der Waals surface area contributed by atoms with Gasteiger partial charge >= 0.3 is 0 Å². The summed E-state index contributed by atoms with van der Waals surface area (Å²) >= 11 is 0. The van der Waals surface area contributed by atoms with E-state index in [4.69, 9.17) is 5.73 Å². The van der Waals surface area contributed by atoms with E-state index in [1.54, 1.807) is 0 Å². The number of nitrogens with one attached hydrogen (secondary N) is 1. The highest BCUT2D eigenvalue weighted by atomic mass is 19.1. The molecule has 1 fully saturated rings. The highest BCUT2D eigenvalue weighted by Crippen LogP contribution is 2.25. The molecule has 0 radical (unpaired) electrons. The van der Waals surface area contributed by atoms with Crippen molar-refractivity contribution in [3.8, 4) is 0 Å². The second-order valence-corrected chi connectivity index (χ2v) is 5.49. The summed E-state index contributed by atoms with van der Waals surface area (Å²) in [6.45, 7) is -1.10. The van der Waals surface area contributed by atoms with E-state index in [2.05, 4.69) is 5.32 Å². The third kappa shape index (κ3) is 3.69. The van der Waals surface area contributed by atoms with Crippen LogP contribution in [0.1, 0.15) is 22.1 Å². The standard InChI is InChI=1S/C14H19F2N3O3.2H2/c15-3-4-19-7-9(6-10(16)14(19)22)18-13(21)8-1-2-11(17)12(20)5-8;;/h6-8,11-12,20H,1-5,17H2,(H,18,21);2*1H. The van der Waals surface area contributed by atoms with Gasteiger partial charge in [-0.05, 0) is 19.3 Å². The number of halogens is 2. The zero-order chi connectivity index (χ0) is 16.3. The largest absolute Gasteiger partial charge is 0.391 e. The third-order valence-corrected chi connectivity index (χ3v) is 3.87. The van der Waals surface area contributed by atoms with Crippen LogP contribution in [0.25, 0.3) is 0 Å². The lowest BCUT2D eigenvalue weighted by Crippen LogP contribution is -2.43. The molecule has 3 atom stereocenters. The molecule has 8 heteroatoms. The third-order valence-electron chi connectivity index (χ3n) is 3.87. The maximum atomic E-state index is 13.5. The second-order valence-electron chi connectivity index (χ2n) is 5.49. The maximum absolute atomic E-state index is 13.5. The highest BCUT2D eigenvalue weighted by Gasteiger charge is 2.30. The van der Waals surface area contributed by atoms with Gasteiger partial charge in [0.05, 0.1) is 18.3 Å². The van der Waals surface area contributed by atoms with Crippen LogP contribution in [0.2, 0.25) is 0 Å². The van der Waals surface area contributed by atoms with E-state index in [0.717, 1.165) is 10.6 Å². The van der Waals surface area contributed by atoms with Gasteiger partial charge in [-0.25, -0.2) is 8.78 Å². The van der Waals surface area contributed by atoms with Crippen molar-refractivity contribution in [2.75, 3.05) is 12.0 Å². The summed E-state index contributed by atoms with van der Waals surface area (Å²) in [5.74, 6) is -1.87. The number of carbonyl (C=O) groups excluding carboxylic acids is 1. The number of aliphatic hydroxyl groups is 1. The Bertz CT molecular complexity index is 615. The molecule has 0 bridgehead atoms. The summed E-state index contributed by atoms with van der Waals surface area (Å²) in [4.78, 5) is 23.6. The number of pyridine rings is 1. The Kier molecular flexibility index (Phi) is 5.25. The molecule has 3 unspecified atom stereocenters. The Labute approximate surface area is 128 Å². The molecular formula is C14H23F2N3O3. The van der Waals surface area contributed by atoms with Crippen molar-refractivity contribution in [3.05, 3.63) is 28.4 Å². The fourth-order valence-corrected chi connectivity index (χ4v) is 2.58. The Morgan fingerprint density at radius 2 is 2.27 bits per heavy atom. The Morgan fingerprint density at radius 1 is 1.55 bits per heavy atom. The van der Waals surface area contributed by atoms with Crippen molar-refractivity contribution in [2.45, 2.75) is 38.0 Å². The number of nitrogens with two attached hydrogens (primary N) is 1. The van der Waals surface area contributed by atoms with Crippen LogP contribution in [-0.2, 0) is 11.3 Å². The lowest BCUT2D eigenvalue weighted by molar-refractivity contribution is -0.122. The molecule has 1 aromatic heterocycles. The molecule has 4 N–H and O–H groups in total. The number of aromatic nitrogens is 1. The monoisotopic (exact) mass is 319 g/mol. The van der Waals surface area contributed by atoms with Crippen LogP contribution in [-0.4, -0.2) is 34.4 Å². The maximum Gasteiger partial charge on any atom is 0.286 e. The summed E-state index contributed by atoms with van der Waals surface area (Å²) in [5.41, 5.74) is 4.83. The van der Waals surface area contributed by atoms with Gasteiger partial charge in [-0.1, -0.05) is 0 Å². The minimum absolute atomic E-state index is 0. The van der Waals surface area contributed by atoms with E-state index in [-0.39, 0.29) is 33.5 Å². The predicted molar refractivity (Wildman–Crippen MR) is 80.8 cm³/mol. The quantitative estimate of drug-likeness (QED) is 0.767. The van der Waals surface area contributed by atoms with Crippen LogP contribution in [0.3, 0.4) is 0 Å². The molecule has 1 amide bonds. The van der Waals surface area contributed by atoms with Gasteiger partial charge in [0, 0.05) is 27.1 Å². The SMILES string of the molecule is NC1CCC(C(=O)Nc2cc(F)c(=O)n(CCF)c2)CC1O.[HH].[HH]. The molecule has 1 heterocycles. The predicted octanol–water partition coefficient (Wildman–Crippen LogP) is 0.876. The average molecular weight is 319 g/mol. The van der Waals surface area contributed by atoms with Gasteiger partial charge < -0.3 is 20.7 Å². The topological polar surface area (TPSA) is 97.4 Å². The van der Waals surface area contributed by atoms with Crippen LogP contribution >= 0.6 is 0 Å². The van der Waals surface area contributed by atoms with E-state index in [1.807, 2.05) is 0 Å². The Hall–Kier alpha value is -1.80. The first-order valence-corrected chi connectivity index (χ1v) is 7.13. The fourth-order valence-electron chi connectivity index (χ4n) is 2.58. The minimum Gasteiger partial charge on any atom is -0.391 e. The smallest absolute Gasteiger partial charge is 0.286 e. The first kappa shape index (κ1) is 16.6. The van der Waals surface area contributed by atoms with Crippen molar-refractivity contribution in [1.82, 2.24) is 4.57 Å². The van der Waals surface area contributed by atoms with Crippen LogP contribution in [0, 0.1) is 11.7 Å². The van der Waals surface area contributed by atoms with Crippen LogP contribution in [0.15, 0.2) is 17.1 Å². The minimum atomic E-state index is -1.06. The van der Waals surface area contributed by atoms with E-state index >= 15 is 0 Å². The van der Waals surface area contributed by atoms with E-state index in [0.29, 0.717) is 12.8 Å². The van der Waals surface area contributed by atoms with E-state index in [1.165, 1.54) is 6.20 Å². The van der Waals surface area contributed by atoms with Crippen molar-refractivity contribution in [3.63, 3.8) is 0 Å². The van der Waals surface area contributed by atoms with Crippen LogP contribution < -0.4 is 16.6 Å². The number of alkyl halides is 1. The molecule has 0 aromatic carbocycles. The average Bonchev–Trinajstić information content (AvgIpc) is 2.47. The van der Waals surface area contributed by atoms with Crippen molar-refractivity contribution in [1.29, 1.82) is 0 Å².